The molecule has 0 aliphatic carbocycles. The molecule has 19 heavy (non-hydrogen) atoms. The maximum absolute atomic E-state index is 13.8. The Labute approximate surface area is 116 Å². The molecule has 0 saturated heterocycles. The van der Waals surface area contributed by atoms with Gasteiger partial charge in [0.15, 0.2) is 0 Å². The van der Waals surface area contributed by atoms with E-state index >= 15 is 0 Å². The van der Waals surface area contributed by atoms with Crippen molar-refractivity contribution >= 4 is 11.8 Å². The summed E-state index contributed by atoms with van der Waals surface area (Å²) in [6.07, 6.45) is 1.79. The Morgan fingerprint density at radius 2 is 1.95 bits per heavy atom. The topological polar surface area (TPSA) is 29.5 Å². The number of hydrogen-bond acceptors (Lipinski definition) is 3. The average molecular weight is 278 g/mol. The Morgan fingerprint density at radius 1 is 1.21 bits per heavy atom. The van der Waals surface area contributed by atoms with Gasteiger partial charge in [0.25, 0.3) is 0 Å². The van der Waals surface area contributed by atoms with Crippen LogP contribution in [0.5, 0.6) is 5.75 Å². The molecule has 0 amide bonds. The molecule has 0 aliphatic rings. The molecule has 2 aromatic rings. The Morgan fingerprint density at radius 3 is 2.58 bits per heavy atom. The number of aliphatic hydroxyl groups excluding tert-OH is 1. The van der Waals surface area contributed by atoms with Crippen LogP contribution >= 0.6 is 11.8 Å². The number of hydrogen-bond donors (Lipinski definition) is 1. The third-order valence-electron chi connectivity index (χ3n) is 2.73. The molecule has 100 valence electrons. The fraction of sp³-hybridized carbons (Fsp3) is 0.200. The second-order valence-electron chi connectivity index (χ2n) is 4.03. The summed E-state index contributed by atoms with van der Waals surface area (Å²) in [6, 6.07) is 12.9. The number of halogens is 1. The molecule has 0 heterocycles. The van der Waals surface area contributed by atoms with Gasteiger partial charge in [0.2, 0.25) is 0 Å². The van der Waals surface area contributed by atoms with Crippen LogP contribution in [0.2, 0.25) is 0 Å². The highest BCUT2D eigenvalue weighted by Gasteiger charge is 2.10. The highest BCUT2D eigenvalue weighted by atomic mass is 32.2. The van der Waals surface area contributed by atoms with Crippen LogP contribution in [0, 0.1) is 5.82 Å². The number of benzene rings is 2. The minimum absolute atomic E-state index is 0.259. The van der Waals surface area contributed by atoms with Gasteiger partial charge in [-0.3, -0.25) is 0 Å². The molecule has 1 N–H and O–H groups in total. The van der Waals surface area contributed by atoms with Crippen LogP contribution in [0.3, 0.4) is 0 Å². The molecule has 4 heteroatoms. The van der Waals surface area contributed by atoms with Crippen molar-refractivity contribution < 1.29 is 14.2 Å². The minimum Gasteiger partial charge on any atom is -0.489 e. The van der Waals surface area contributed by atoms with Gasteiger partial charge in [-0.15, -0.1) is 11.8 Å². The van der Waals surface area contributed by atoms with Crippen LogP contribution in [0.1, 0.15) is 11.1 Å². The first kappa shape index (κ1) is 13.9. The normalized spacial score (nSPS) is 10.5. The first-order valence-corrected chi connectivity index (χ1v) is 7.11. The third-order valence-corrected chi connectivity index (χ3v) is 3.46. The lowest BCUT2D eigenvalue weighted by Gasteiger charge is -2.11. The molecule has 0 unspecified atom stereocenters. The molecule has 2 rings (SSSR count). The fourth-order valence-electron chi connectivity index (χ4n) is 1.72. The predicted octanol–water partition coefficient (Wildman–Crippen LogP) is 3.62. The van der Waals surface area contributed by atoms with Crippen LogP contribution in [0.15, 0.2) is 47.4 Å². The van der Waals surface area contributed by atoms with Crippen LogP contribution < -0.4 is 4.74 Å². The van der Waals surface area contributed by atoms with Gasteiger partial charge in [-0.1, -0.05) is 30.3 Å². The zero-order valence-corrected chi connectivity index (χ0v) is 11.4. The van der Waals surface area contributed by atoms with Crippen molar-refractivity contribution in [2.45, 2.75) is 18.1 Å². The predicted molar refractivity (Wildman–Crippen MR) is 74.9 cm³/mol. The summed E-state index contributed by atoms with van der Waals surface area (Å²) in [5.74, 6) is 0.195. The van der Waals surface area contributed by atoms with Gasteiger partial charge in [-0.25, -0.2) is 4.39 Å². The molecular formula is C15H15FO2S. The van der Waals surface area contributed by atoms with E-state index in [1.165, 1.54) is 17.8 Å². The number of aliphatic hydroxyl groups is 1. The highest BCUT2D eigenvalue weighted by Crippen LogP contribution is 2.28. The van der Waals surface area contributed by atoms with E-state index in [1.54, 1.807) is 12.3 Å². The van der Waals surface area contributed by atoms with E-state index < -0.39 is 0 Å². The van der Waals surface area contributed by atoms with E-state index in [-0.39, 0.29) is 18.0 Å². The smallest absolute Gasteiger partial charge is 0.142 e. The van der Waals surface area contributed by atoms with E-state index in [1.807, 2.05) is 30.3 Å². The molecule has 2 nitrogen and oxygen atoms in total. The summed E-state index contributed by atoms with van der Waals surface area (Å²) in [6.45, 7) is 0.0904. The largest absolute Gasteiger partial charge is 0.489 e. The summed E-state index contributed by atoms with van der Waals surface area (Å²) in [7, 11) is 0. The van der Waals surface area contributed by atoms with E-state index in [0.717, 1.165) is 5.56 Å². The minimum atomic E-state index is -0.373. The molecule has 0 spiro atoms. The molecule has 0 saturated carbocycles. The van der Waals surface area contributed by atoms with E-state index in [4.69, 9.17) is 9.84 Å². The SMILES string of the molecule is CSc1cc(OCc2ccccc2)cc(CO)c1F. The monoisotopic (exact) mass is 278 g/mol. The van der Waals surface area contributed by atoms with Crippen LogP contribution in [0.4, 0.5) is 4.39 Å². The van der Waals surface area contributed by atoms with Crippen molar-refractivity contribution in [1.29, 1.82) is 0 Å². The van der Waals surface area contributed by atoms with Gasteiger partial charge < -0.3 is 9.84 Å². The van der Waals surface area contributed by atoms with Crippen molar-refractivity contribution in [3.8, 4) is 5.75 Å². The van der Waals surface area contributed by atoms with E-state index in [9.17, 15) is 4.39 Å². The van der Waals surface area contributed by atoms with Crippen LogP contribution in [-0.2, 0) is 13.2 Å². The van der Waals surface area contributed by atoms with Crippen molar-refractivity contribution in [1.82, 2.24) is 0 Å². The Balaban J connectivity index is 2.16. The van der Waals surface area contributed by atoms with Gasteiger partial charge in [-0.2, -0.15) is 0 Å². The second-order valence-corrected chi connectivity index (χ2v) is 4.88. The lowest BCUT2D eigenvalue weighted by molar-refractivity contribution is 0.270. The third kappa shape index (κ3) is 3.49. The van der Waals surface area contributed by atoms with Crippen LogP contribution in [0.25, 0.3) is 0 Å². The van der Waals surface area contributed by atoms with Gasteiger partial charge in [-0.05, 0) is 24.0 Å². The molecule has 0 atom stereocenters. The van der Waals surface area contributed by atoms with Gasteiger partial charge in [0.1, 0.15) is 18.2 Å². The van der Waals surface area contributed by atoms with Gasteiger partial charge in [0, 0.05) is 10.5 Å². The lowest BCUT2D eigenvalue weighted by atomic mass is 10.2. The standard InChI is InChI=1S/C15H15FO2S/c1-19-14-8-13(7-12(9-17)15(14)16)18-10-11-5-3-2-4-6-11/h2-8,17H,9-10H2,1H3. The number of rotatable bonds is 5. The molecule has 0 fully saturated rings. The lowest BCUT2D eigenvalue weighted by Crippen LogP contribution is -1.99. The van der Waals surface area contributed by atoms with Crippen molar-refractivity contribution in [2.75, 3.05) is 6.26 Å². The summed E-state index contributed by atoms with van der Waals surface area (Å²) in [4.78, 5) is 0.481. The van der Waals surface area contributed by atoms with Gasteiger partial charge >= 0.3 is 0 Å². The second kappa shape index (κ2) is 6.59. The Kier molecular flexibility index (Phi) is 4.82. The molecule has 0 aromatic heterocycles. The molecule has 2 aromatic carbocycles. The average Bonchev–Trinajstić information content (AvgIpc) is 2.47. The Hall–Kier alpha value is -1.52. The first-order chi connectivity index (χ1) is 9.24. The number of thioether (sulfide) groups is 1. The van der Waals surface area contributed by atoms with E-state index in [2.05, 4.69) is 0 Å². The highest BCUT2D eigenvalue weighted by molar-refractivity contribution is 7.98. The molecule has 0 aliphatic heterocycles. The van der Waals surface area contributed by atoms with Crippen LogP contribution in [-0.4, -0.2) is 11.4 Å². The quantitative estimate of drug-likeness (QED) is 0.847. The molecular weight excluding hydrogens is 263 g/mol. The number of ether oxygens (including phenoxy) is 1. The Bertz CT molecular complexity index is 518. The fourth-order valence-corrected chi connectivity index (χ4v) is 2.26. The zero-order valence-electron chi connectivity index (χ0n) is 10.6. The summed E-state index contributed by atoms with van der Waals surface area (Å²) in [5.41, 5.74) is 1.30. The summed E-state index contributed by atoms with van der Waals surface area (Å²) in [5, 5.41) is 9.14. The van der Waals surface area contributed by atoms with Crippen molar-refractivity contribution in [3.05, 3.63) is 59.4 Å². The molecule has 0 bridgehead atoms. The van der Waals surface area contributed by atoms with Crippen molar-refractivity contribution in [3.63, 3.8) is 0 Å². The zero-order chi connectivity index (χ0) is 13.7. The van der Waals surface area contributed by atoms with E-state index in [0.29, 0.717) is 17.3 Å². The summed E-state index contributed by atoms with van der Waals surface area (Å²) < 4.78 is 19.4. The van der Waals surface area contributed by atoms with Crippen molar-refractivity contribution in [2.24, 2.45) is 0 Å². The first-order valence-electron chi connectivity index (χ1n) is 5.88. The molecule has 0 radical (unpaired) electrons. The maximum atomic E-state index is 13.8. The summed E-state index contributed by atoms with van der Waals surface area (Å²) >= 11 is 1.29. The van der Waals surface area contributed by atoms with Gasteiger partial charge in [0.05, 0.1) is 6.61 Å². The maximum Gasteiger partial charge on any atom is 0.142 e.